The molecule has 4 nitrogen and oxygen atoms in total. The van der Waals surface area contributed by atoms with Crippen LogP contribution >= 0.6 is 0 Å². The molecule has 3 N–H and O–H groups in total. The van der Waals surface area contributed by atoms with Gasteiger partial charge < -0.3 is 20.1 Å². The summed E-state index contributed by atoms with van der Waals surface area (Å²) in [4.78, 5) is 0. The molecule has 3 aliphatic carbocycles. The number of aliphatic hydroxyl groups excluding tert-OH is 3. The normalized spacial score (nSPS) is 56.9. The van der Waals surface area contributed by atoms with E-state index in [9.17, 15) is 15.3 Å². The third kappa shape index (κ3) is 1.94. The van der Waals surface area contributed by atoms with E-state index >= 15 is 0 Å². The molecule has 0 bridgehead atoms. The highest BCUT2D eigenvalue weighted by Gasteiger charge is 2.62. The molecule has 1 aliphatic heterocycles. The Kier molecular flexibility index (Phi) is 3.75. The molecule has 3 fully saturated rings. The van der Waals surface area contributed by atoms with E-state index in [0.29, 0.717) is 18.4 Å². The number of hydrogen-bond donors (Lipinski definition) is 3. The first-order chi connectivity index (χ1) is 11.3. The van der Waals surface area contributed by atoms with Crippen molar-refractivity contribution in [2.45, 2.75) is 71.2 Å². The molecule has 4 aliphatic rings. The predicted molar refractivity (Wildman–Crippen MR) is 91.3 cm³/mol. The van der Waals surface area contributed by atoms with Crippen LogP contribution in [0.3, 0.4) is 0 Å². The van der Waals surface area contributed by atoms with Gasteiger partial charge in [-0.25, -0.2) is 0 Å². The standard InChI is InChI=1S/C20H32O4/c1-18-9-7-15(22)20(3,11-21)14(18)5-4-12-13(18)6-8-19(2)16(23)10-24-17(12)19/h4,13-17,21-23H,5-11H2,1-3H3/t13-,14+,15-,16+,17-,18+,19-,20+/m0/s1. The van der Waals surface area contributed by atoms with Crippen LogP contribution in [-0.2, 0) is 4.74 Å². The molecule has 2 saturated carbocycles. The molecule has 0 aromatic heterocycles. The van der Waals surface area contributed by atoms with Gasteiger partial charge in [-0.3, -0.25) is 0 Å². The summed E-state index contributed by atoms with van der Waals surface area (Å²) in [5, 5.41) is 31.0. The summed E-state index contributed by atoms with van der Waals surface area (Å²) in [6.45, 7) is 7.08. The Labute approximate surface area is 144 Å². The second-order valence-corrected chi connectivity index (χ2v) is 9.54. The SMILES string of the molecule is C[C@]12CC[C@H](O)[C@](C)(CO)[C@@H]1CC=C1[C@@H]2CC[C@@]2(C)[C@H](O)CO[C@@H]12. The monoisotopic (exact) mass is 336 g/mol. The minimum Gasteiger partial charge on any atom is -0.396 e. The quantitative estimate of drug-likeness (QED) is 0.643. The van der Waals surface area contributed by atoms with Crippen molar-refractivity contribution < 1.29 is 20.1 Å². The van der Waals surface area contributed by atoms with Crippen LogP contribution in [0.15, 0.2) is 11.6 Å². The minimum atomic E-state index is -0.425. The van der Waals surface area contributed by atoms with E-state index in [2.05, 4.69) is 26.8 Å². The van der Waals surface area contributed by atoms with Gasteiger partial charge in [0.1, 0.15) is 0 Å². The lowest BCUT2D eigenvalue weighted by molar-refractivity contribution is -0.153. The molecule has 0 spiro atoms. The number of rotatable bonds is 1. The number of aliphatic hydroxyl groups is 3. The average molecular weight is 336 g/mol. The van der Waals surface area contributed by atoms with Crippen LogP contribution in [0.2, 0.25) is 0 Å². The van der Waals surface area contributed by atoms with E-state index in [1.165, 1.54) is 5.57 Å². The van der Waals surface area contributed by atoms with Crippen molar-refractivity contribution in [1.82, 2.24) is 0 Å². The fraction of sp³-hybridized carbons (Fsp3) is 0.900. The Bertz CT molecular complexity index is 560. The Morgan fingerprint density at radius 1 is 1.08 bits per heavy atom. The molecule has 0 aromatic carbocycles. The van der Waals surface area contributed by atoms with Crippen LogP contribution in [0.5, 0.6) is 0 Å². The molecule has 0 amide bonds. The van der Waals surface area contributed by atoms with Crippen molar-refractivity contribution in [2.24, 2.45) is 28.1 Å². The highest BCUT2D eigenvalue weighted by atomic mass is 16.5. The Morgan fingerprint density at radius 2 is 1.79 bits per heavy atom. The summed E-state index contributed by atoms with van der Waals surface area (Å²) < 4.78 is 6.05. The molecular weight excluding hydrogens is 304 g/mol. The van der Waals surface area contributed by atoms with Crippen molar-refractivity contribution in [2.75, 3.05) is 13.2 Å². The molecule has 1 saturated heterocycles. The van der Waals surface area contributed by atoms with E-state index in [0.717, 1.165) is 32.1 Å². The minimum absolute atomic E-state index is 0.0382. The zero-order valence-electron chi connectivity index (χ0n) is 15.2. The highest BCUT2D eigenvalue weighted by Crippen LogP contribution is 2.64. The summed E-state index contributed by atoms with van der Waals surface area (Å²) >= 11 is 0. The van der Waals surface area contributed by atoms with Gasteiger partial charge in [0.25, 0.3) is 0 Å². The van der Waals surface area contributed by atoms with E-state index in [-0.39, 0.29) is 29.6 Å². The van der Waals surface area contributed by atoms with Crippen LogP contribution in [0.4, 0.5) is 0 Å². The van der Waals surface area contributed by atoms with Crippen LogP contribution in [0, 0.1) is 28.1 Å². The van der Waals surface area contributed by atoms with Gasteiger partial charge in [0.15, 0.2) is 0 Å². The van der Waals surface area contributed by atoms with Gasteiger partial charge in [-0.15, -0.1) is 0 Å². The Hall–Kier alpha value is -0.420. The van der Waals surface area contributed by atoms with E-state index < -0.39 is 11.5 Å². The fourth-order valence-electron chi connectivity index (χ4n) is 6.64. The first-order valence-corrected chi connectivity index (χ1v) is 9.56. The second-order valence-electron chi connectivity index (χ2n) is 9.54. The van der Waals surface area contributed by atoms with Gasteiger partial charge in [-0.1, -0.05) is 26.8 Å². The fourth-order valence-corrected chi connectivity index (χ4v) is 6.64. The number of fused-ring (bicyclic) bond motifs is 5. The van der Waals surface area contributed by atoms with Gasteiger partial charge in [0.2, 0.25) is 0 Å². The summed E-state index contributed by atoms with van der Waals surface area (Å²) in [5.41, 5.74) is 0.904. The molecule has 0 unspecified atom stereocenters. The van der Waals surface area contributed by atoms with E-state index in [1.807, 2.05) is 0 Å². The lowest BCUT2D eigenvalue weighted by Gasteiger charge is -2.61. The molecule has 4 rings (SSSR count). The topological polar surface area (TPSA) is 69.9 Å². The zero-order valence-corrected chi connectivity index (χ0v) is 15.2. The van der Waals surface area contributed by atoms with Crippen LogP contribution in [0.25, 0.3) is 0 Å². The Morgan fingerprint density at radius 3 is 2.50 bits per heavy atom. The van der Waals surface area contributed by atoms with E-state index in [1.54, 1.807) is 0 Å². The summed E-state index contributed by atoms with van der Waals surface area (Å²) in [7, 11) is 0. The predicted octanol–water partition coefficient (Wildman–Crippen LogP) is 2.27. The first kappa shape index (κ1) is 17.0. The summed E-state index contributed by atoms with van der Waals surface area (Å²) in [5.74, 6) is 0.737. The molecule has 0 radical (unpaired) electrons. The lowest BCUT2D eigenvalue weighted by Crippen LogP contribution is -2.59. The van der Waals surface area contributed by atoms with E-state index in [4.69, 9.17) is 4.74 Å². The smallest absolute Gasteiger partial charge is 0.0868 e. The number of ether oxygens (including phenoxy) is 1. The third-order valence-corrected chi connectivity index (χ3v) is 8.49. The van der Waals surface area contributed by atoms with Crippen LogP contribution in [0.1, 0.15) is 52.9 Å². The molecular formula is C20H32O4. The molecule has 136 valence electrons. The van der Waals surface area contributed by atoms with Gasteiger partial charge >= 0.3 is 0 Å². The Balaban J connectivity index is 1.74. The van der Waals surface area contributed by atoms with Gasteiger partial charge in [-0.2, -0.15) is 0 Å². The third-order valence-electron chi connectivity index (χ3n) is 8.49. The summed E-state index contributed by atoms with van der Waals surface area (Å²) in [6, 6.07) is 0. The van der Waals surface area contributed by atoms with Gasteiger partial charge in [0, 0.05) is 10.8 Å². The number of allylic oxidation sites excluding steroid dienone is 1. The highest BCUT2D eigenvalue weighted by molar-refractivity contribution is 5.30. The van der Waals surface area contributed by atoms with Crippen molar-refractivity contribution in [3.63, 3.8) is 0 Å². The maximum atomic E-state index is 10.6. The van der Waals surface area contributed by atoms with Crippen LogP contribution in [-0.4, -0.2) is 46.8 Å². The van der Waals surface area contributed by atoms with Crippen molar-refractivity contribution in [3.8, 4) is 0 Å². The zero-order chi connectivity index (χ0) is 17.3. The maximum absolute atomic E-state index is 10.6. The van der Waals surface area contributed by atoms with Crippen molar-refractivity contribution >= 4 is 0 Å². The molecule has 0 aromatic rings. The summed E-state index contributed by atoms with van der Waals surface area (Å²) in [6.07, 6.45) is 6.29. The molecule has 1 heterocycles. The largest absolute Gasteiger partial charge is 0.396 e. The van der Waals surface area contributed by atoms with Crippen molar-refractivity contribution in [3.05, 3.63) is 11.6 Å². The molecule has 4 heteroatoms. The van der Waals surface area contributed by atoms with Gasteiger partial charge in [0.05, 0.1) is 31.5 Å². The number of hydrogen-bond acceptors (Lipinski definition) is 4. The van der Waals surface area contributed by atoms with Crippen LogP contribution < -0.4 is 0 Å². The average Bonchev–Trinajstić information content (AvgIpc) is 2.87. The van der Waals surface area contributed by atoms with Crippen molar-refractivity contribution in [1.29, 1.82) is 0 Å². The first-order valence-electron chi connectivity index (χ1n) is 9.56. The van der Waals surface area contributed by atoms with Gasteiger partial charge in [-0.05, 0) is 54.9 Å². The molecule has 24 heavy (non-hydrogen) atoms. The second kappa shape index (κ2) is 5.29. The maximum Gasteiger partial charge on any atom is 0.0868 e. The molecule has 8 atom stereocenters. The lowest BCUT2D eigenvalue weighted by atomic mass is 9.44.